The van der Waals surface area contributed by atoms with E-state index in [-0.39, 0.29) is 58.8 Å². The number of sulfonamides is 1. The monoisotopic (exact) mass is 572 g/mol. The van der Waals surface area contributed by atoms with Crippen molar-refractivity contribution in [1.29, 1.82) is 0 Å². The van der Waals surface area contributed by atoms with Crippen LogP contribution in [0.2, 0.25) is 0 Å². The van der Waals surface area contributed by atoms with Gasteiger partial charge in [0.2, 0.25) is 0 Å². The van der Waals surface area contributed by atoms with Crippen molar-refractivity contribution in [2.75, 3.05) is 36.8 Å². The Morgan fingerprint density at radius 1 is 1.18 bits per heavy atom. The minimum absolute atomic E-state index is 0.151. The highest BCUT2D eigenvalue weighted by Crippen LogP contribution is 2.32. The van der Waals surface area contributed by atoms with Crippen LogP contribution in [0.25, 0.3) is 0 Å². The molecule has 2 heterocycles. The van der Waals surface area contributed by atoms with E-state index in [1.54, 1.807) is 48.5 Å². The van der Waals surface area contributed by atoms with Gasteiger partial charge in [-0.1, -0.05) is 31.2 Å². The molecule has 4 rings (SSSR count). The number of thiophene rings is 1. The zero-order valence-electron chi connectivity index (χ0n) is 21.9. The third-order valence-electron chi connectivity index (χ3n) is 6.50. The van der Waals surface area contributed by atoms with Crippen molar-refractivity contribution >= 4 is 44.7 Å². The number of rotatable bonds is 8. The predicted molar refractivity (Wildman–Crippen MR) is 151 cm³/mol. The van der Waals surface area contributed by atoms with Crippen LogP contribution in [0.15, 0.2) is 70.3 Å². The molecule has 3 atom stereocenters. The van der Waals surface area contributed by atoms with Gasteiger partial charge in [0.15, 0.2) is 0 Å². The zero-order chi connectivity index (χ0) is 28.2. The number of para-hydroxylation sites is 1. The van der Waals surface area contributed by atoms with Gasteiger partial charge in [-0.15, -0.1) is 11.3 Å². The van der Waals surface area contributed by atoms with Crippen LogP contribution in [0.5, 0.6) is 5.75 Å². The standard InChI is InChI=1S/C27H32N4O6S2/c1-18-15-31(19(2)17-32)26(33)22-14-21(29-39(35,36)25-10-7-13-38-25)11-12-23(22)37-24(18)16-30(3)27(34)28-20-8-5-4-6-9-20/h4-14,18-19,24,29,32H,15-17H2,1-3H3,(H,28,34)/t18-,19+,24+/m0/s1. The van der Waals surface area contributed by atoms with E-state index in [4.69, 9.17) is 4.74 Å². The first-order valence-electron chi connectivity index (χ1n) is 12.4. The number of nitrogens with zero attached hydrogens (tertiary/aromatic N) is 2. The minimum Gasteiger partial charge on any atom is -0.487 e. The maximum absolute atomic E-state index is 13.6. The van der Waals surface area contributed by atoms with E-state index in [0.717, 1.165) is 11.3 Å². The molecule has 0 bridgehead atoms. The van der Waals surface area contributed by atoms with Gasteiger partial charge in [-0.2, -0.15) is 0 Å². The summed E-state index contributed by atoms with van der Waals surface area (Å²) in [5, 5.41) is 14.4. The van der Waals surface area contributed by atoms with Gasteiger partial charge in [0.05, 0.1) is 24.8 Å². The first-order chi connectivity index (χ1) is 18.6. The third kappa shape index (κ3) is 6.70. The van der Waals surface area contributed by atoms with Gasteiger partial charge >= 0.3 is 6.03 Å². The van der Waals surface area contributed by atoms with E-state index < -0.39 is 22.2 Å². The van der Waals surface area contributed by atoms with Crippen LogP contribution in [0.1, 0.15) is 24.2 Å². The molecule has 12 heteroatoms. The van der Waals surface area contributed by atoms with Gasteiger partial charge in [0.25, 0.3) is 15.9 Å². The summed E-state index contributed by atoms with van der Waals surface area (Å²) < 4.78 is 34.5. The molecule has 0 radical (unpaired) electrons. The Bertz CT molecular complexity index is 1400. The molecular formula is C27H32N4O6S2. The summed E-state index contributed by atoms with van der Waals surface area (Å²) in [6.45, 7) is 3.91. The second kappa shape index (κ2) is 12.1. The summed E-state index contributed by atoms with van der Waals surface area (Å²) in [4.78, 5) is 29.5. The molecule has 1 aliphatic heterocycles. The molecule has 0 fully saturated rings. The summed E-state index contributed by atoms with van der Waals surface area (Å²) in [5.41, 5.74) is 1.03. The maximum Gasteiger partial charge on any atom is 0.321 e. The SMILES string of the molecule is C[C@H](CO)N1C[C@H](C)[C@@H](CN(C)C(=O)Nc2ccccc2)Oc2ccc(NS(=O)(=O)c3cccs3)cc2C1=O. The molecule has 0 unspecified atom stereocenters. The highest BCUT2D eigenvalue weighted by molar-refractivity contribution is 7.94. The van der Waals surface area contributed by atoms with E-state index in [1.165, 1.54) is 23.1 Å². The number of carbonyl (C=O) groups is 2. The number of hydrogen-bond donors (Lipinski definition) is 3. The highest BCUT2D eigenvalue weighted by Gasteiger charge is 2.34. The summed E-state index contributed by atoms with van der Waals surface area (Å²) in [6, 6.07) is 16.0. The average Bonchev–Trinajstić information content (AvgIpc) is 3.47. The van der Waals surface area contributed by atoms with Crippen molar-refractivity contribution in [2.24, 2.45) is 5.92 Å². The number of likely N-dealkylation sites (N-methyl/N-ethyl adjacent to an activating group) is 1. The fourth-order valence-electron chi connectivity index (χ4n) is 4.22. The molecule has 1 aromatic heterocycles. The summed E-state index contributed by atoms with van der Waals surface area (Å²) >= 11 is 1.09. The van der Waals surface area contributed by atoms with E-state index in [2.05, 4.69) is 10.0 Å². The molecule has 0 saturated heterocycles. The Labute approximate surface area is 232 Å². The number of fused-ring (bicyclic) bond motifs is 1. The fourth-order valence-corrected chi connectivity index (χ4v) is 6.26. The molecule has 0 aliphatic carbocycles. The number of hydrogen-bond acceptors (Lipinski definition) is 7. The number of urea groups is 1. The first-order valence-corrected chi connectivity index (χ1v) is 14.8. The third-order valence-corrected chi connectivity index (χ3v) is 9.28. The highest BCUT2D eigenvalue weighted by atomic mass is 32.2. The molecule has 2 aromatic carbocycles. The molecule has 208 valence electrons. The lowest BCUT2D eigenvalue weighted by atomic mass is 9.99. The van der Waals surface area contributed by atoms with Crippen LogP contribution in [0.3, 0.4) is 0 Å². The average molecular weight is 573 g/mol. The van der Waals surface area contributed by atoms with Crippen LogP contribution in [0.4, 0.5) is 16.2 Å². The van der Waals surface area contributed by atoms with Crippen LogP contribution < -0.4 is 14.8 Å². The number of benzene rings is 2. The van der Waals surface area contributed by atoms with Gasteiger partial charge in [0.1, 0.15) is 16.1 Å². The summed E-state index contributed by atoms with van der Waals surface area (Å²) in [6.07, 6.45) is -0.495. The predicted octanol–water partition coefficient (Wildman–Crippen LogP) is 3.93. The van der Waals surface area contributed by atoms with E-state index in [0.29, 0.717) is 5.69 Å². The minimum atomic E-state index is -3.82. The number of carbonyl (C=O) groups excluding carboxylic acids is 2. The van der Waals surface area contributed by atoms with Crippen molar-refractivity contribution in [3.8, 4) is 5.75 Å². The topological polar surface area (TPSA) is 128 Å². The van der Waals surface area contributed by atoms with Gasteiger partial charge in [-0.3, -0.25) is 9.52 Å². The number of nitrogens with one attached hydrogen (secondary N) is 2. The number of amides is 3. The maximum atomic E-state index is 13.6. The molecule has 0 saturated carbocycles. The van der Waals surface area contributed by atoms with E-state index >= 15 is 0 Å². The van der Waals surface area contributed by atoms with Crippen molar-refractivity contribution in [3.05, 3.63) is 71.6 Å². The largest absolute Gasteiger partial charge is 0.487 e. The number of aliphatic hydroxyl groups is 1. The van der Waals surface area contributed by atoms with Gasteiger partial charge in [0, 0.05) is 30.9 Å². The molecule has 10 nitrogen and oxygen atoms in total. The summed E-state index contributed by atoms with van der Waals surface area (Å²) in [7, 11) is -2.16. The van der Waals surface area contributed by atoms with Crippen LogP contribution >= 0.6 is 11.3 Å². The van der Waals surface area contributed by atoms with Crippen molar-refractivity contribution < 1.29 is 27.9 Å². The van der Waals surface area contributed by atoms with Crippen LogP contribution in [-0.4, -0.2) is 74.2 Å². The van der Waals surface area contributed by atoms with Crippen LogP contribution in [-0.2, 0) is 10.0 Å². The lowest BCUT2D eigenvalue weighted by Gasteiger charge is -2.38. The number of aliphatic hydroxyl groups excluding tert-OH is 1. The van der Waals surface area contributed by atoms with Crippen molar-refractivity contribution in [1.82, 2.24) is 9.80 Å². The molecule has 3 aromatic rings. The summed E-state index contributed by atoms with van der Waals surface area (Å²) in [5.74, 6) is -0.313. The number of anilines is 2. The molecule has 0 spiro atoms. The lowest BCUT2D eigenvalue weighted by molar-refractivity contribution is 0.0371. The second-order valence-corrected chi connectivity index (χ2v) is 12.4. The Hall–Kier alpha value is -3.61. The number of ether oxygens (including phenoxy) is 1. The van der Waals surface area contributed by atoms with E-state index in [9.17, 15) is 23.1 Å². The lowest BCUT2D eigenvalue weighted by Crippen LogP contribution is -2.50. The van der Waals surface area contributed by atoms with Crippen molar-refractivity contribution in [3.63, 3.8) is 0 Å². The van der Waals surface area contributed by atoms with Gasteiger partial charge in [-0.05, 0) is 48.7 Å². The second-order valence-electron chi connectivity index (χ2n) is 9.55. The molecule has 3 amide bonds. The van der Waals surface area contributed by atoms with Gasteiger partial charge in [-0.25, -0.2) is 13.2 Å². The molecular weight excluding hydrogens is 540 g/mol. The quantitative estimate of drug-likeness (QED) is 0.375. The molecule has 39 heavy (non-hydrogen) atoms. The molecule has 3 N–H and O–H groups in total. The smallest absolute Gasteiger partial charge is 0.321 e. The Morgan fingerprint density at radius 3 is 2.59 bits per heavy atom. The normalized spacial score (nSPS) is 18.3. The van der Waals surface area contributed by atoms with Crippen LogP contribution in [0, 0.1) is 5.92 Å². The Morgan fingerprint density at radius 2 is 1.92 bits per heavy atom. The first kappa shape index (κ1) is 28.4. The Kier molecular flexibility index (Phi) is 8.78. The van der Waals surface area contributed by atoms with Crippen molar-refractivity contribution in [2.45, 2.75) is 30.2 Å². The van der Waals surface area contributed by atoms with Gasteiger partial charge < -0.3 is 25.0 Å². The zero-order valence-corrected chi connectivity index (χ0v) is 23.5. The Balaban J connectivity index is 1.61. The molecule has 1 aliphatic rings. The van der Waals surface area contributed by atoms with E-state index in [1.807, 2.05) is 25.1 Å². The fraction of sp³-hybridized carbons (Fsp3) is 0.333.